The summed E-state index contributed by atoms with van der Waals surface area (Å²) < 4.78 is 21.2. The molecule has 0 aliphatic rings. The second kappa shape index (κ2) is 10.4. The fourth-order valence-electron chi connectivity index (χ4n) is 4.05. The summed E-state index contributed by atoms with van der Waals surface area (Å²) in [5, 5.41) is 9.68. The average molecular weight is 492 g/mol. The predicted octanol–water partition coefficient (Wildman–Crippen LogP) is 3.22. The molecule has 2 amide bonds. The van der Waals surface area contributed by atoms with Gasteiger partial charge in [-0.15, -0.1) is 0 Å². The molecule has 0 saturated carbocycles. The van der Waals surface area contributed by atoms with Gasteiger partial charge in [-0.3, -0.25) is 18.8 Å². The normalized spacial score (nSPS) is 10.9. The molecule has 2 N–H and O–H groups in total. The Morgan fingerprint density at radius 2 is 1.81 bits per heavy atom. The Bertz CT molecular complexity index is 1490. The monoisotopic (exact) mass is 491 g/mol. The number of halogens is 1. The van der Waals surface area contributed by atoms with Gasteiger partial charge in [0.2, 0.25) is 5.91 Å². The van der Waals surface area contributed by atoms with Gasteiger partial charge in [0.25, 0.3) is 11.5 Å². The molecule has 0 saturated heterocycles. The number of ether oxygens (including phenoxy) is 1. The molecule has 0 atom stereocenters. The lowest BCUT2D eigenvalue weighted by molar-refractivity contribution is -0.117. The smallest absolute Gasteiger partial charge is 0.291 e. The van der Waals surface area contributed by atoms with E-state index >= 15 is 0 Å². The zero-order valence-electron chi connectivity index (χ0n) is 20.2. The van der Waals surface area contributed by atoms with E-state index in [4.69, 9.17) is 4.74 Å². The van der Waals surface area contributed by atoms with Gasteiger partial charge < -0.3 is 15.4 Å². The van der Waals surface area contributed by atoms with E-state index in [1.807, 2.05) is 6.92 Å². The van der Waals surface area contributed by atoms with Gasteiger partial charge in [0, 0.05) is 12.2 Å². The van der Waals surface area contributed by atoms with Gasteiger partial charge in [-0.25, -0.2) is 9.07 Å². The minimum atomic E-state index is -0.496. The van der Waals surface area contributed by atoms with Crippen LogP contribution in [0.4, 0.5) is 10.1 Å². The lowest BCUT2D eigenvalue weighted by Gasteiger charge is -2.11. The number of nitrogens with zero attached hydrogens (tertiary/aromatic N) is 3. The molecule has 4 aromatic rings. The molecule has 2 aromatic heterocycles. The number of hydrogen-bond donors (Lipinski definition) is 2. The highest BCUT2D eigenvalue weighted by Gasteiger charge is 2.22. The molecule has 2 aromatic carbocycles. The van der Waals surface area contributed by atoms with Crippen molar-refractivity contribution in [1.29, 1.82) is 0 Å². The Labute approximate surface area is 206 Å². The predicted molar refractivity (Wildman–Crippen MR) is 133 cm³/mol. The van der Waals surface area contributed by atoms with E-state index in [1.165, 1.54) is 18.5 Å². The van der Waals surface area contributed by atoms with Crippen molar-refractivity contribution >= 4 is 23.0 Å². The number of fused-ring (bicyclic) bond motifs is 1. The van der Waals surface area contributed by atoms with Crippen molar-refractivity contribution in [2.24, 2.45) is 0 Å². The van der Waals surface area contributed by atoms with Crippen molar-refractivity contribution in [3.63, 3.8) is 0 Å². The second-order valence-corrected chi connectivity index (χ2v) is 8.18. The van der Waals surface area contributed by atoms with Crippen molar-refractivity contribution in [3.05, 3.63) is 93.4 Å². The molecule has 0 radical (unpaired) electrons. The standard InChI is InChI=1S/C26H26FN5O4/c1-4-36-21-8-6-5-7-20(21)30-22(33)14-32-26(35)24-16(2)23(17(3)31(24)15-29-32)25(34)28-13-18-9-11-19(27)12-10-18/h5-12,15H,4,13-14H2,1-3H3,(H,28,34)(H,30,33). The van der Waals surface area contributed by atoms with Crippen molar-refractivity contribution in [1.82, 2.24) is 19.5 Å². The molecule has 0 bridgehead atoms. The number of carbonyl (C=O) groups is 2. The lowest BCUT2D eigenvalue weighted by atomic mass is 10.1. The number of benzene rings is 2. The van der Waals surface area contributed by atoms with Crippen molar-refractivity contribution in [2.75, 3.05) is 11.9 Å². The molecule has 0 aliphatic heterocycles. The van der Waals surface area contributed by atoms with Crippen LogP contribution in [0.5, 0.6) is 5.75 Å². The summed E-state index contributed by atoms with van der Waals surface area (Å²) in [6.45, 7) is 5.57. The van der Waals surface area contributed by atoms with E-state index in [0.717, 1.165) is 10.2 Å². The second-order valence-electron chi connectivity index (χ2n) is 8.18. The molecule has 186 valence electrons. The summed E-state index contributed by atoms with van der Waals surface area (Å²) in [5.41, 5.74) is 2.38. The van der Waals surface area contributed by atoms with Gasteiger partial charge in [0.05, 0.1) is 17.9 Å². The van der Waals surface area contributed by atoms with E-state index in [9.17, 15) is 18.8 Å². The van der Waals surface area contributed by atoms with Crippen LogP contribution in [0.15, 0.2) is 59.7 Å². The summed E-state index contributed by atoms with van der Waals surface area (Å²) in [7, 11) is 0. The molecular weight excluding hydrogens is 465 g/mol. The van der Waals surface area contributed by atoms with E-state index in [0.29, 0.717) is 34.9 Å². The molecule has 0 unspecified atom stereocenters. The van der Waals surface area contributed by atoms with Crippen LogP contribution in [0, 0.1) is 19.7 Å². The van der Waals surface area contributed by atoms with Gasteiger partial charge in [0.15, 0.2) is 0 Å². The minimum Gasteiger partial charge on any atom is -0.492 e. The van der Waals surface area contributed by atoms with Crippen LogP contribution in [0.2, 0.25) is 0 Å². The Kier molecular flexibility index (Phi) is 7.14. The highest BCUT2D eigenvalue weighted by molar-refractivity contribution is 5.99. The van der Waals surface area contributed by atoms with Crippen LogP contribution in [0.25, 0.3) is 5.52 Å². The van der Waals surface area contributed by atoms with Crippen LogP contribution < -0.4 is 20.9 Å². The zero-order valence-corrected chi connectivity index (χ0v) is 20.2. The third kappa shape index (κ3) is 4.97. The Balaban J connectivity index is 1.56. The summed E-state index contributed by atoms with van der Waals surface area (Å²) >= 11 is 0. The van der Waals surface area contributed by atoms with Gasteiger partial charge in [-0.1, -0.05) is 24.3 Å². The number of anilines is 1. The molecule has 0 aliphatic carbocycles. The third-order valence-corrected chi connectivity index (χ3v) is 5.79. The van der Waals surface area contributed by atoms with Crippen molar-refractivity contribution < 1.29 is 18.7 Å². The number of hydrogen-bond acceptors (Lipinski definition) is 5. The van der Waals surface area contributed by atoms with Crippen molar-refractivity contribution in [2.45, 2.75) is 33.9 Å². The van der Waals surface area contributed by atoms with E-state index in [-0.39, 0.29) is 30.3 Å². The van der Waals surface area contributed by atoms with Gasteiger partial charge in [-0.2, -0.15) is 5.10 Å². The summed E-state index contributed by atoms with van der Waals surface area (Å²) in [6.07, 6.45) is 1.41. The number of nitrogens with one attached hydrogen (secondary N) is 2. The maximum atomic E-state index is 13.2. The topological polar surface area (TPSA) is 107 Å². The number of rotatable bonds is 8. The summed E-state index contributed by atoms with van der Waals surface area (Å²) in [6, 6.07) is 12.8. The van der Waals surface area contributed by atoms with Crippen molar-refractivity contribution in [3.8, 4) is 5.75 Å². The van der Waals surface area contributed by atoms with E-state index < -0.39 is 11.5 Å². The Morgan fingerprint density at radius 1 is 1.08 bits per heavy atom. The summed E-state index contributed by atoms with van der Waals surface area (Å²) in [5.74, 6) is -0.640. The molecule has 0 spiro atoms. The van der Waals surface area contributed by atoms with Crippen LogP contribution in [0.3, 0.4) is 0 Å². The molecule has 2 heterocycles. The first-order valence-electron chi connectivity index (χ1n) is 11.4. The largest absolute Gasteiger partial charge is 0.492 e. The third-order valence-electron chi connectivity index (χ3n) is 5.79. The SMILES string of the molecule is CCOc1ccccc1NC(=O)Cn1ncn2c(C)c(C(=O)NCc3ccc(F)cc3)c(C)c2c1=O. The van der Waals surface area contributed by atoms with Gasteiger partial charge in [0.1, 0.15) is 30.0 Å². The number of aryl methyl sites for hydroxylation is 2. The molecule has 4 rings (SSSR count). The number of amides is 2. The van der Waals surface area contributed by atoms with Crippen LogP contribution in [0.1, 0.15) is 34.1 Å². The molecular formula is C26H26FN5O4. The zero-order chi connectivity index (χ0) is 25.8. The maximum Gasteiger partial charge on any atom is 0.291 e. The highest BCUT2D eigenvalue weighted by Crippen LogP contribution is 2.24. The fraction of sp³-hybridized carbons (Fsp3) is 0.231. The van der Waals surface area contributed by atoms with Crippen LogP contribution in [-0.4, -0.2) is 32.6 Å². The Hall–Kier alpha value is -4.47. The average Bonchev–Trinajstić information content (AvgIpc) is 3.11. The Morgan fingerprint density at radius 3 is 2.53 bits per heavy atom. The van der Waals surface area contributed by atoms with Crippen LogP contribution in [-0.2, 0) is 17.9 Å². The maximum absolute atomic E-state index is 13.2. The highest BCUT2D eigenvalue weighted by atomic mass is 19.1. The molecule has 9 nitrogen and oxygen atoms in total. The number of carbonyl (C=O) groups excluding carboxylic acids is 2. The van der Waals surface area contributed by atoms with E-state index in [2.05, 4.69) is 15.7 Å². The molecule has 0 fully saturated rings. The quantitative estimate of drug-likeness (QED) is 0.394. The lowest BCUT2D eigenvalue weighted by Crippen LogP contribution is -2.31. The first-order valence-corrected chi connectivity index (χ1v) is 11.4. The fourth-order valence-corrected chi connectivity index (χ4v) is 4.05. The van der Waals surface area contributed by atoms with Crippen LogP contribution >= 0.6 is 0 Å². The first kappa shape index (κ1) is 24.6. The summed E-state index contributed by atoms with van der Waals surface area (Å²) in [4.78, 5) is 38.8. The minimum absolute atomic E-state index is 0.204. The first-order chi connectivity index (χ1) is 17.3. The molecule has 10 heteroatoms. The molecule has 36 heavy (non-hydrogen) atoms. The number of aromatic nitrogens is 3. The van der Waals surface area contributed by atoms with E-state index in [1.54, 1.807) is 54.6 Å². The number of para-hydroxylation sites is 2. The van der Waals surface area contributed by atoms with Gasteiger partial charge in [-0.05, 0) is 56.2 Å². The van der Waals surface area contributed by atoms with Gasteiger partial charge >= 0.3 is 0 Å².